The maximum Gasteiger partial charge on any atom is 0.406 e. The number of carbonyl (C=O) groups excluding carboxylic acids is 1. The van der Waals surface area contributed by atoms with Crippen LogP contribution in [0, 0.1) is 0 Å². The molecule has 0 fully saturated rings. The Bertz CT molecular complexity index is 681. The van der Waals surface area contributed by atoms with Crippen molar-refractivity contribution in [1.29, 1.82) is 0 Å². The fraction of sp³-hybridized carbons (Fsp3) is 0.333. The van der Waals surface area contributed by atoms with E-state index in [2.05, 4.69) is 10.3 Å². The molecule has 0 atom stereocenters. The highest BCUT2D eigenvalue weighted by Gasteiger charge is 2.33. The van der Waals surface area contributed by atoms with Crippen molar-refractivity contribution >= 4 is 11.9 Å². The van der Waals surface area contributed by atoms with E-state index in [0.29, 0.717) is 4.90 Å². The molecule has 0 saturated carbocycles. The molecular weight excluding hydrogens is 321 g/mol. The molecule has 2 heterocycles. The molecule has 0 aliphatic rings. The van der Waals surface area contributed by atoms with Crippen LogP contribution in [-0.2, 0) is 17.9 Å². The van der Waals surface area contributed by atoms with Gasteiger partial charge in [0.15, 0.2) is 5.69 Å². The number of furan rings is 1. The summed E-state index contributed by atoms with van der Waals surface area (Å²) in [6.07, 6.45) is -2.35. The number of aromatic nitrogens is 3. The molecular formula is C12H11F3N4O4. The largest absolute Gasteiger partial charge is 0.476 e. The van der Waals surface area contributed by atoms with Crippen LogP contribution in [-0.4, -0.2) is 49.6 Å². The van der Waals surface area contributed by atoms with Crippen LogP contribution in [0.1, 0.15) is 16.2 Å². The third-order valence-electron chi connectivity index (χ3n) is 2.70. The fourth-order valence-electron chi connectivity index (χ4n) is 1.75. The molecule has 1 N–H and O–H groups in total. The Morgan fingerprint density at radius 3 is 2.65 bits per heavy atom. The van der Waals surface area contributed by atoms with E-state index in [1.165, 1.54) is 18.4 Å². The van der Waals surface area contributed by atoms with Gasteiger partial charge in [0.05, 0.1) is 19.0 Å². The predicted molar refractivity (Wildman–Crippen MR) is 67.2 cm³/mol. The molecule has 0 aromatic carbocycles. The molecule has 124 valence electrons. The number of rotatable bonds is 6. The lowest BCUT2D eigenvalue weighted by molar-refractivity contribution is -0.163. The van der Waals surface area contributed by atoms with E-state index in [1.807, 2.05) is 0 Å². The monoisotopic (exact) mass is 332 g/mol. The smallest absolute Gasteiger partial charge is 0.406 e. The topological polar surface area (TPSA) is 101 Å². The molecule has 0 aliphatic carbocycles. The summed E-state index contributed by atoms with van der Waals surface area (Å²) in [6, 6.07) is 2.93. The van der Waals surface area contributed by atoms with E-state index in [9.17, 15) is 22.8 Å². The normalized spacial score (nSPS) is 11.4. The number of carboxylic acids is 1. The van der Waals surface area contributed by atoms with Crippen LogP contribution in [0.4, 0.5) is 13.2 Å². The minimum Gasteiger partial charge on any atom is -0.476 e. The van der Waals surface area contributed by atoms with Gasteiger partial charge >= 0.3 is 12.1 Å². The van der Waals surface area contributed by atoms with Crippen LogP contribution < -0.4 is 0 Å². The summed E-state index contributed by atoms with van der Waals surface area (Å²) in [4.78, 5) is 23.2. The van der Waals surface area contributed by atoms with Crippen molar-refractivity contribution < 1.29 is 32.3 Å². The van der Waals surface area contributed by atoms with Crippen molar-refractivity contribution in [1.82, 2.24) is 19.9 Å². The Labute approximate surface area is 127 Å². The summed E-state index contributed by atoms with van der Waals surface area (Å²) in [6.45, 7) is -2.41. The Morgan fingerprint density at radius 1 is 1.39 bits per heavy atom. The number of halogens is 3. The maximum absolute atomic E-state index is 12.6. The number of hydrogen-bond acceptors (Lipinski definition) is 5. The molecule has 8 nitrogen and oxygen atoms in total. The highest BCUT2D eigenvalue weighted by Crippen LogP contribution is 2.18. The standard InChI is InChI=1S/C12H11F3N4O4/c13-12(14,15)7-18(4-8-2-1-3-23-8)10(20)6-19-5-9(11(21)22)16-17-19/h1-3,5H,4,6-7H2,(H,21,22). The molecule has 2 aromatic heterocycles. The van der Waals surface area contributed by atoms with Crippen LogP contribution in [0.5, 0.6) is 0 Å². The van der Waals surface area contributed by atoms with Gasteiger partial charge in [-0.3, -0.25) is 4.79 Å². The summed E-state index contributed by atoms with van der Waals surface area (Å²) >= 11 is 0. The summed E-state index contributed by atoms with van der Waals surface area (Å²) in [5.74, 6) is -2.07. The zero-order valence-corrected chi connectivity index (χ0v) is 11.5. The number of alkyl halides is 3. The zero-order chi connectivity index (χ0) is 17.0. The summed E-state index contributed by atoms with van der Waals surface area (Å²) < 4.78 is 43.6. The van der Waals surface area contributed by atoms with Gasteiger partial charge in [0.25, 0.3) is 0 Å². The molecule has 23 heavy (non-hydrogen) atoms. The van der Waals surface area contributed by atoms with Gasteiger partial charge in [0.1, 0.15) is 18.8 Å². The average Bonchev–Trinajstić information content (AvgIpc) is 3.07. The molecule has 11 heteroatoms. The van der Waals surface area contributed by atoms with Crippen LogP contribution in [0.25, 0.3) is 0 Å². The molecule has 0 bridgehead atoms. The lowest BCUT2D eigenvalue weighted by Gasteiger charge is -2.22. The number of amides is 1. The summed E-state index contributed by atoms with van der Waals surface area (Å²) in [5.41, 5.74) is -0.411. The van der Waals surface area contributed by atoms with Crippen molar-refractivity contribution in [3.63, 3.8) is 0 Å². The number of carboxylic acid groups (broad SMARTS) is 1. The highest BCUT2D eigenvalue weighted by molar-refractivity contribution is 5.84. The molecule has 2 rings (SSSR count). The first-order chi connectivity index (χ1) is 10.7. The van der Waals surface area contributed by atoms with E-state index < -0.39 is 36.8 Å². The number of aromatic carboxylic acids is 1. The van der Waals surface area contributed by atoms with E-state index in [-0.39, 0.29) is 12.3 Å². The molecule has 0 saturated heterocycles. The third-order valence-corrected chi connectivity index (χ3v) is 2.70. The number of hydrogen-bond donors (Lipinski definition) is 1. The summed E-state index contributed by atoms with van der Waals surface area (Å²) in [5, 5.41) is 15.4. The lowest BCUT2D eigenvalue weighted by atomic mass is 10.3. The first-order valence-electron chi connectivity index (χ1n) is 6.25. The van der Waals surface area contributed by atoms with Crippen molar-refractivity contribution in [2.75, 3.05) is 6.54 Å². The van der Waals surface area contributed by atoms with E-state index in [1.54, 1.807) is 0 Å². The van der Waals surface area contributed by atoms with E-state index >= 15 is 0 Å². The number of nitrogens with zero attached hydrogens (tertiary/aromatic N) is 4. The van der Waals surface area contributed by atoms with Crippen molar-refractivity contribution in [2.24, 2.45) is 0 Å². The Hall–Kier alpha value is -2.85. The lowest BCUT2D eigenvalue weighted by Crippen LogP contribution is -2.40. The van der Waals surface area contributed by atoms with Crippen LogP contribution in [0.3, 0.4) is 0 Å². The average molecular weight is 332 g/mol. The van der Waals surface area contributed by atoms with Gasteiger partial charge in [-0.1, -0.05) is 5.21 Å². The van der Waals surface area contributed by atoms with Gasteiger partial charge in [0.2, 0.25) is 5.91 Å². The quantitative estimate of drug-likeness (QED) is 0.852. The molecule has 0 spiro atoms. The van der Waals surface area contributed by atoms with Gasteiger partial charge in [0, 0.05) is 0 Å². The SMILES string of the molecule is O=C(O)c1cn(CC(=O)N(Cc2ccco2)CC(F)(F)F)nn1. The first kappa shape index (κ1) is 16.5. The minimum atomic E-state index is -4.59. The van der Waals surface area contributed by atoms with Gasteiger partial charge in [-0.05, 0) is 12.1 Å². The van der Waals surface area contributed by atoms with Crippen LogP contribution >= 0.6 is 0 Å². The fourth-order valence-corrected chi connectivity index (χ4v) is 1.75. The summed E-state index contributed by atoms with van der Waals surface area (Å²) in [7, 11) is 0. The van der Waals surface area contributed by atoms with Crippen molar-refractivity contribution in [3.8, 4) is 0 Å². The van der Waals surface area contributed by atoms with E-state index in [0.717, 1.165) is 10.9 Å². The molecule has 2 aromatic rings. The molecule has 1 amide bonds. The Balaban J connectivity index is 2.09. The highest BCUT2D eigenvalue weighted by atomic mass is 19.4. The Morgan fingerprint density at radius 2 is 2.13 bits per heavy atom. The molecule has 0 unspecified atom stereocenters. The molecule has 0 aliphatic heterocycles. The van der Waals surface area contributed by atoms with Gasteiger partial charge in [-0.2, -0.15) is 13.2 Å². The zero-order valence-electron chi connectivity index (χ0n) is 11.5. The predicted octanol–water partition coefficient (Wildman–Crippen LogP) is 1.16. The van der Waals surface area contributed by atoms with Crippen LogP contribution in [0.2, 0.25) is 0 Å². The molecule has 0 radical (unpaired) electrons. The van der Waals surface area contributed by atoms with Gasteiger partial charge in [-0.15, -0.1) is 5.10 Å². The third kappa shape index (κ3) is 4.83. The second-order valence-corrected chi connectivity index (χ2v) is 4.55. The van der Waals surface area contributed by atoms with Crippen molar-refractivity contribution in [2.45, 2.75) is 19.3 Å². The van der Waals surface area contributed by atoms with Crippen molar-refractivity contribution in [3.05, 3.63) is 36.0 Å². The Kier molecular flexibility index (Phi) is 4.67. The van der Waals surface area contributed by atoms with Crippen LogP contribution in [0.15, 0.2) is 29.0 Å². The maximum atomic E-state index is 12.6. The van der Waals surface area contributed by atoms with E-state index in [4.69, 9.17) is 9.52 Å². The van der Waals surface area contributed by atoms with Gasteiger partial charge < -0.3 is 14.4 Å². The first-order valence-corrected chi connectivity index (χ1v) is 6.25. The second-order valence-electron chi connectivity index (χ2n) is 4.55. The number of carbonyl (C=O) groups is 2. The second kappa shape index (κ2) is 6.50. The van der Waals surface area contributed by atoms with Gasteiger partial charge in [-0.25, -0.2) is 9.48 Å². The minimum absolute atomic E-state index is 0.187.